The normalized spacial score (nSPS) is 14.5. The van der Waals surface area contributed by atoms with E-state index in [1.165, 1.54) is 4.90 Å². The highest BCUT2D eigenvalue weighted by atomic mass is 32.2. The summed E-state index contributed by atoms with van der Waals surface area (Å²) in [6.45, 7) is 1.94. The average Bonchev–Trinajstić information content (AvgIpc) is 2.70. The van der Waals surface area contributed by atoms with Crippen LogP contribution in [-0.4, -0.2) is 47.0 Å². The number of anilines is 1. The molecule has 1 fully saturated rings. The zero-order valence-electron chi connectivity index (χ0n) is 15.6. The van der Waals surface area contributed by atoms with E-state index < -0.39 is 6.09 Å². The molecule has 0 aromatic heterocycles. The van der Waals surface area contributed by atoms with Crippen LogP contribution in [0.3, 0.4) is 0 Å². The van der Waals surface area contributed by atoms with Gasteiger partial charge in [-0.1, -0.05) is 30.3 Å². The van der Waals surface area contributed by atoms with Gasteiger partial charge in [-0.15, -0.1) is 11.8 Å². The summed E-state index contributed by atoms with van der Waals surface area (Å²) in [6.07, 6.45) is 1.64. The summed E-state index contributed by atoms with van der Waals surface area (Å²) in [7, 11) is 0. The van der Waals surface area contributed by atoms with Crippen molar-refractivity contribution in [2.24, 2.45) is 0 Å². The van der Waals surface area contributed by atoms with Gasteiger partial charge < -0.3 is 20.6 Å². The summed E-state index contributed by atoms with van der Waals surface area (Å²) in [6, 6.07) is 17.8. The van der Waals surface area contributed by atoms with Crippen LogP contribution in [0.5, 0.6) is 0 Å². The van der Waals surface area contributed by atoms with Gasteiger partial charge in [0.15, 0.2) is 0 Å². The predicted octanol–water partition coefficient (Wildman–Crippen LogP) is 4.29. The Hall–Kier alpha value is -2.67. The number of hydrogen-bond acceptors (Lipinski definition) is 3. The van der Waals surface area contributed by atoms with E-state index in [9.17, 15) is 9.59 Å². The molecular formula is C21H25N3O3S. The minimum atomic E-state index is -0.990. The molecule has 7 heteroatoms. The van der Waals surface area contributed by atoms with Gasteiger partial charge >= 0.3 is 12.1 Å². The van der Waals surface area contributed by atoms with Crippen molar-refractivity contribution in [1.82, 2.24) is 10.2 Å². The van der Waals surface area contributed by atoms with Gasteiger partial charge in [-0.05, 0) is 49.1 Å². The molecule has 6 nitrogen and oxygen atoms in total. The summed E-state index contributed by atoms with van der Waals surface area (Å²) < 4.78 is 0. The van der Waals surface area contributed by atoms with Gasteiger partial charge in [0, 0.05) is 35.5 Å². The van der Waals surface area contributed by atoms with Gasteiger partial charge in [0.05, 0.1) is 0 Å². The molecule has 2 aromatic carbocycles. The number of carbonyl (C=O) groups excluding carboxylic acids is 1. The van der Waals surface area contributed by atoms with E-state index in [1.807, 2.05) is 59.1 Å². The second-order valence-electron chi connectivity index (χ2n) is 6.73. The van der Waals surface area contributed by atoms with Crippen LogP contribution in [0.2, 0.25) is 0 Å². The van der Waals surface area contributed by atoms with E-state index in [2.05, 4.69) is 22.8 Å². The van der Waals surface area contributed by atoms with Crippen LogP contribution >= 0.6 is 11.8 Å². The van der Waals surface area contributed by atoms with Crippen molar-refractivity contribution >= 4 is 29.6 Å². The van der Waals surface area contributed by atoms with Gasteiger partial charge in [0.2, 0.25) is 0 Å². The summed E-state index contributed by atoms with van der Waals surface area (Å²) in [4.78, 5) is 25.9. The van der Waals surface area contributed by atoms with Crippen molar-refractivity contribution in [2.45, 2.75) is 29.4 Å². The van der Waals surface area contributed by atoms with Gasteiger partial charge in [-0.3, -0.25) is 0 Å². The molecule has 28 heavy (non-hydrogen) atoms. The fourth-order valence-corrected chi connectivity index (χ4v) is 4.27. The van der Waals surface area contributed by atoms with E-state index in [4.69, 9.17) is 5.11 Å². The van der Waals surface area contributed by atoms with Crippen LogP contribution < -0.4 is 10.6 Å². The van der Waals surface area contributed by atoms with Crippen molar-refractivity contribution in [3.8, 4) is 0 Å². The molecule has 2 aromatic rings. The molecular weight excluding hydrogens is 374 g/mol. The van der Waals surface area contributed by atoms with Gasteiger partial charge in [0.25, 0.3) is 0 Å². The molecule has 0 unspecified atom stereocenters. The molecule has 1 saturated heterocycles. The molecule has 3 rings (SSSR count). The first-order chi connectivity index (χ1) is 13.6. The van der Waals surface area contributed by atoms with Gasteiger partial charge in [-0.2, -0.15) is 0 Å². The number of amides is 3. The maximum atomic E-state index is 12.4. The largest absolute Gasteiger partial charge is 0.465 e. The molecule has 1 aliphatic heterocycles. The molecule has 1 heterocycles. The minimum Gasteiger partial charge on any atom is -0.465 e. The lowest BCUT2D eigenvalue weighted by Crippen LogP contribution is -2.41. The number of carboxylic acid groups (broad SMARTS) is 1. The quantitative estimate of drug-likeness (QED) is 0.677. The molecule has 0 bridgehead atoms. The van der Waals surface area contributed by atoms with E-state index in [1.54, 1.807) is 0 Å². The molecule has 0 radical (unpaired) electrons. The van der Waals surface area contributed by atoms with Gasteiger partial charge in [0.1, 0.15) is 0 Å². The zero-order valence-corrected chi connectivity index (χ0v) is 16.5. The van der Waals surface area contributed by atoms with E-state index in [0.29, 0.717) is 18.2 Å². The van der Waals surface area contributed by atoms with Crippen LogP contribution in [0.15, 0.2) is 59.5 Å². The van der Waals surface area contributed by atoms with Crippen molar-refractivity contribution < 1.29 is 14.7 Å². The molecule has 148 valence electrons. The number of likely N-dealkylation sites (tertiary alicyclic amines) is 1. The molecule has 1 aliphatic rings. The Bertz CT molecular complexity index is 775. The number of thioether (sulfide) groups is 1. The first kappa shape index (κ1) is 20.1. The molecule has 0 atom stereocenters. The van der Waals surface area contributed by atoms with E-state index in [-0.39, 0.29) is 6.03 Å². The number of hydrogen-bond donors (Lipinski definition) is 3. The first-order valence-corrected chi connectivity index (χ1v) is 10.3. The number of urea groups is 1. The Kier molecular flexibility index (Phi) is 7.19. The topological polar surface area (TPSA) is 81.7 Å². The number of para-hydroxylation sites is 1. The number of nitrogens with one attached hydrogen (secondary N) is 2. The smallest absolute Gasteiger partial charge is 0.404 e. The number of piperidine rings is 1. The second-order valence-corrected chi connectivity index (χ2v) is 8.10. The first-order valence-electron chi connectivity index (χ1n) is 9.43. The fourth-order valence-electron chi connectivity index (χ4n) is 3.14. The predicted molar refractivity (Wildman–Crippen MR) is 112 cm³/mol. The highest BCUT2D eigenvalue weighted by Crippen LogP contribution is 2.30. The molecule has 0 spiro atoms. The maximum Gasteiger partial charge on any atom is 0.404 e. The maximum absolute atomic E-state index is 12.4. The van der Waals surface area contributed by atoms with Crippen molar-refractivity contribution in [3.63, 3.8) is 0 Å². The van der Waals surface area contributed by atoms with Crippen LogP contribution in [0.1, 0.15) is 18.4 Å². The average molecular weight is 400 g/mol. The third-order valence-electron chi connectivity index (χ3n) is 4.67. The Morgan fingerprint density at radius 2 is 1.71 bits per heavy atom. The lowest BCUT2D eigenvalue weighted by atomic mass is 10.1. The summed E-state index contributed by atoms with van der Waals surface area (Å²) in [5.41, 5.74) is 1.94. The standard InChI is InChI=1S/C21H25N3O3S/c25-20(23-17-4-2-1-3-5-17)24-14-11-19(12-15-24)28-18-8-6-16(7-9-18)10-13-22-21(26)27/h1-9,19,22H,10-15H2,(H,23,25)(H,26,27). The van der Waals surface area contributed by atoms with Crippen molar-refractivity contribution in [3.05, 3.63) is 60.2 Å². The summed E-state index contributed by atoms with van der Waals surface area (Å²) >= 11 is 1.85. The molecule has 0 aliphatic carbocycles. The Balaban J connectivity index is 1.41. The van der Waals surface area contributed by atoms with Crippen LogP contribution in [0.4, 0.5) is 15.3 Å². The monoisotopic (exact) mass is 399 g/mol. The van der Waals surface area contributed by atoms with Crippen molar-refractivity contribution in [1.29, 1.82) is 0 Å². The zero-order chi connectivity index (χ0) is 19.8. The number of carbonyl (C=O) groups is 2. The van der Waals surface area contributed by atoms with Crippen LogP contribution in [0.25, 0.3) is 0 Å². The second kappa shape index (κ2) is 10.0. The summed E-state index contributed by atoms with van der Waals surface area (Å²) in [5, 5.41) is 14.4. The van der Waals surface area contributed by atoms with Crippen LogP contribution in [-0.2, 0) is 6.42 Å². The van der Waals surface area contributed by atoms with Crippen LogP contribution in [0, 0.1) is 0 Å². The Labute approximate surface area is 169 Å². The number of rotatable bonds is 6. The molecule has 3 amide bonds. The highest BCUT2D eigenvalue weighted by molar-refractivity contribution is 8.00. The minimum absolute atomic E-state index is 0.0334. The SMILES string of the molecule is O=C(O)NCCc1ccc(SC2CCN(C(=O)Nc3ccccc3)CC2)cc1. The third kappa shape index (κ3) is 6.20. The van der Waals surface area contributed by atoms with Gasteiger partial charge in [-0.25, -0.2) is 9.59 Å². The third-order valence-corrected chi connectivity index (χ3v) is 6.02. The fraction of sp³-hybridized carbons (Fsp3) is 0.333. The number of benzene rings is 2. The summed E-state index contributed by atoms with van der Waals surface area (Å²) in [5.74, 6) is 0. The van der Waals surface area contributed by atoms with E-state index >= 15 is 0 Å². The van der Waals surface area contributed by atoms with Crippen molar-refractivity contribution in [2.75, 3.05) is 25.0 Å². The highest BCUT2D eigenvalue weighted by Gasteiger charge is 2.23. The lowest BCUT2D eigenvalue weighted by molar-refractivity contribution is 0.194. The Morgan fingerprint density at radius 1 is 1.04 bits per heavy atom. The number of nitrogens with zero attached hydrogens (tertiary/aromatic N) is 1. The lowest BCUT2D eigenvalue weighted by Gasteiger charge is -2.31. The van der Waals surface area contributed by atoms with E-state index in [0.717, 1.165) is 37.2 Å². The Morgan fingerprint density at radius 3 is 2.36 bits per heavy atom. The molecule has 3 N–H and O–H groups in total. The molecule has 0 saturated carbocycles.